The van der Waals surface area contributed by atoms with Crippen LogP contribution < -0.4 is 5.32 Å². The highest BCUT2D eigenvalue weighted by Gasteiger charge is 2.40. The highest BCUT2D eigenvalue weighted by Crippen LogP contribution is 2.36. The number of rotatable bonds is 5. The van der Waals surface area contributed by atoms with Crippen molar-refractivity contribution in [2.24, 2.45) is 17.8 Å². The Morgan fingerprint density at radius 2 is 1.74 bits per heavy atom. The summed E-state index contributed by atoms with van der Waals surface area (Å²) in [6.07, 6.45) is 6.53. The molecule has 1 heterocycles. The molecule has 0 aromatic rings. The SMILES string of the molecule is CC(C)N1CC2CCCC(C1)C2NCC(O)C1CC1. The molecule has 3 rings (SSSR count). The van der Waals surface area contributed by atoms with Gasteiger partial charge in [0.2, 0.25) is 0 Å². The van der Waals surface area contributed by atoms with Gasteiger partial charge in [-0.1, -0.05) is 6.42 Å². The van der Waals surface area contributed by atoms with Crippen LogP contribution in [0.1, 0.15) is 46.0 Å². The first kappa shape index (κ1) is 13.8. The van der Waals surface area contributed by atoms with Gasteiger partial charge in [0.05, 0.1) is 6.10 Å². The number of hydrogen-bond donors (Lipinski definition) is 2. The van der Waals surface area contributed by atoms with Crippen molar-refractivity contribution in [3.8, 4) is 0 Å². The molecule has 0 amide bonds. The van der Waals surface area contributed by atoms with Crippen LogP contribution in [0.2, 0.25) is 0 Å². The van der Waals surface area contributed by atoms with Crippen LogP contribution in [-0.4, -0.2) is 47.8 Å². The van der Waals surface area contributed by atoms with Crippen LogP contribution >= 0.6 is 0 Å². The molecular weight excluding hydrogens is 236 g/mol. The third-order valence-electron chi connectivity index (χ3n) is 5.56. The van der Waals surface area contributed by atoms with Gasteiger partial charge in [-0.25, -0.2) is 0 Å². The van der Waals surface area contributed by atoms with Crippen molar-refractivity contribution in [3.05, 3.63) is 0 Å². The van der Waals surface area contributed by atoms with E-state index in [4.69, 9.17) is 0 Å². The summed E-state index contributed by atoms with van der Waals surface area (Å²) in [6.45, 7) is 7.97. The van der Waals surface area contributed by atoms with Gasteiger partial charge in [-0.2, -0.15) is 0 Å². The van der Waals surface area contributed by atoms with Crippen LogP contribution in [0.3, 0.4) is 0 Å². The third kappa shape index (κ3) is 3.14. The van der Waals surface area contributed by atoms with E-state index in [9.17, 15) is 5.11 Å². The van der Waals surface area contributed by atoms with Gasteiger partial charge in [0.15, 0.2) is 0 Å². The fourth-order valence-corrected chi connectivity index (χ4v) is 4.13. The molecule has 3 unspecified atom stereocenters. The average Bonchev–Trinajstić information content (AvgIpc) is 3.18. The Balaban J connectivity index is 1.55. The molecule has 110 valence electrons. The molecular formula is C16H30N2O. The molecule has 3 aliphatic rings. The minimum absolute atomic E-state index is 0.0937. The van der Waals surface area contributed by atoms with Gasteiger partial charge >= 0.3 is 0 Å². The van der Waals surface area contributed by atoms with Crippen LogP contribution in [-0.2, 0) is 0 Å². The lowest BCUT2D eigenvalue weighted by atomic mass is 9.73. The second-order valence-corrected chi connectivity index (χ2v) is 7.34. The number of likely N-dealkylation sites (tertiary alicyclic amines) is 1. The molecule has 1 aliphatic heterocycles. The molecule has 0 aromatic carbocycles. The summed E-state index contributed by atoms with van der Waals surface area (Å²) in [5.41, 5.74) is 0. The Morgan fingerprint density at radius 1 is 1.11 bits per heavy atom. The Labute approximate surface area is 117 Å². The van der Waals surface area contributed by atoms with E-state index in [0.717, 1.165) is 18.4 Å². The lowest BCUT2D eigenvalue weighted by Gasteiger charge is -2.49. The van der Waals surface area contributed by atoms with E-state index < -0.39 is 0 Å². The van der Waals surface area contributed by atoms with Crippen LogP contribution in [0, 0.1) is 17.8 Å². The van der Waals surface area contributed by atoms with Crippen molar-refractivity contribution in [1.29, 1.82) is 0 Å². The number of fused-ring (bicyclic) bond motifs is 2. The summed E-state index contributed by atoms with van der Waals surface area (Å²) >= 11 is 0. The second-order valence-electron chi connectivity index (χ2n) is 7.34. The predicted octanol–water partition coefficient (Wildman–Crippen LogP) is 1.86. The Kier molecular flexibility index (Phi) is 4.16. The molecule has 2 aliphatic carbocycles. The second kappa shape index (κ2) is 5.71. The van der Waals surface area contributed by atoms with Gasteiger partial charge in [0, 0.05) is 31.7 Å². The van der Waals surface area contributed by atoms with Crippen LogP contribution in [0.25, 0.3) is 0 Å². The molecule has 0 radical (unpaired) electrons. The van der Waals surface area contributed by atoms with Crippen molar-refractivity contribution in [2.45, 2.75) is 64.1 Å². The van der Waals surface area contributed by atoms with Gasteiger partial charge in [0.25, 0.3) is 0 Å². The molecule has 3 fully saturated rings. The highest BCUT2D eigenvalue weighted by atomic mass is 16.3. The maximum absolute atomic E-state index is 10.1. The number of piperidine rings is 1. The zero-order valence-electron chi connectivity index (χ0n) is 12.5. The predicted molar refractivity (Wildman–Crippen MR) is 78.1 cm³/mol. The number of aliphatic hydroxyl groups excluding tert-OH is 1. The van der Waals surface area contributed by atoms with Crippen molar-refractivity contribution in [3.63, 3.8) is 0 Å². The van der Waals surface area contributed by atoms with Gasteiger partial charge in [-0.05, 0) is 57.3 Å². The topological polar surface area (TPSA) is 35.5 Å². The average molecular weight is 266 g/mol. The Morgan fingerprint density at radius 3 is 2.26 bits per heavy atom. The standard InChI is InChI=1S/C16H30N2O/c1-11(2)18-9-13-4-3-5-14(10-18)16(13)17-8-15(19)12-6-7-12/h11-17,19H,3-10H2,1-2H3. The monoisotopic (exact) mass is 266 g/mol. The number of nitrogens with one attached hydrogen (secondary N) is 1. The van der Waals surface area contributed by atoms with E-state index in [1.165, 1.54) is 45.2 Å². The number of nitrogens with zero attached hydrogens (tertiary/aromatic N) is 1. The van der Waals surface area contributed by atoms with E-state index in [2.05, 4.69) is 24.1 Å². The van der Waals surface area contributed by atoms with Gasteiger partial charge in [-0.15, -0.1) is 0 Å². The summed E-state index contributed by atoms with van der Waals surface area (Å²) in [5, 5.41) is 13.8. The van der Waals surface area contributed by atoms with Gasteiger partial charge in [-0.3, -0.25) is 0 Å². The first-order valence-electron chi connectivity index (χ1n) is 8.30. The van der Waals surface area contributed by atoms with Crippen LogP contribution in [0.15, 0.2) is 0 Å². The summed E-state index contributed by atoms with van der Waals surface area (Å²) in [5.74, 6) is 2.21. The molecule has 2 saturated carbocycles. The molecule has 0 aromatic heterocycles. The zero-order valence-corrected chi connectivity index (χ0v) is 12.5. The highest BCUT2D eigenvalue weighted by molar-refractivity contribution is 4.96. The molecule has 1 saturated heterocycles. The van der Waals surface area contributed by atoms with Crippen molar-refractivity contribution in [1.82, 2.24) is 10.2 Å². The number of aliphatic hydroxyl groups is 1. The molecule has 3 heteroatoms. The maximum atomic E-state index is 10.1. The lowest BCUT2D eigenvalue weighted by Crippen LogP contribution is -2.59. The van der Waals surface area contributed by atoms with Crippen LogP contribution in [0.5, 0.6) is 0 Å². The summed E-state index contributed by atoms with van der Waals surface area (Å²) < 4.78 is 0. The van der Waals surface area contributed by atoms with E-state index >= 15 is 0 Å². The maximum Gasteiger partial charge on any atom is 0.0692 e. The fourth-order valence-electron chi connectivity index (χ4n) is 4.13. The zero-order chi connectivity index (χ0) is 13.4. The summed E-state index contributed by atoms with van der Waals surface area (Å²) in [4.78, 5) is 2.66. The Bertz CT molecular complexity index is 289. The quantitative estimate of drug-likeness (QED) is 0.797. The van der Waals surface area contributed by atoms with Gasteiger partial charge in [0.1, 0.15) is 0 Å². The molecule has 2 bridgehead atoms. The lowest BCUT2D eigenvalue weighted by molar-refractivity contribution is 0.0228. The van der Waals surface area contributed by atoms with Crippen LogP contribution in [0.4, 0.5) is 0 Å². The molecule has 2 N–H and O–H groups in total. The minimum Gasteiger partial charge on any atom is -0.392 e. The summed E-state index contributed by atoms with van der Waals surface area (Å²) in [6, 6.07) is 1.35. The van der Waals surface area contributed by atoms with E-state index in [1.54, 1.807) is 0 Å². The first-order chi connectivity index (χ1) is 9.15. The van der Waals surface area contributed by atoms with Gasteiger partial charge < -0.3 is 15.3 Å². The molecule has 3 atom stereocenters. The first-order valence-corrected chi connectivity index (χ1v) is 8.30. The van der Waals surface area contributed by atoms with Crippen molar-refractivity contribution in [2.75, 3.05) is 19.6 Å². The largest absolute Gasteiger partial charge is 0.392 e. The fraction of sp³-hybridized carbons (Fsp3) is 1.00. The van der Waals surface area contributed by atoms with Crippen molar-refractivity contribution < 1.29 is 5.11 Å². The normalized spacial score (nSPS) is 37.6. The molecule has 19 heavy (non-hydrogen) atoms. The summed E-state index contributed by atoms with van der Waals surface area (Å²) in [7, 11) is 0. The number of hydrogen-bond acceptors (Lipinski definition) is 3. The van der Waals surface area contributed by atoms with E-state index in [0.29, 0.717) is 18.0 Å². The van der Waals surface area contributed by atoms with Crippen molar-refractivity contribution >= 4 is 0 Å². The Hall–Kier alpha value is -0.120. The smallest absolute Gasteiger partial charge is 0.0692 e. The van der Waals surface area contributed by atoms with E-state index in [1.807, 2.05) is 0 Å². The minimum atomic E-state index is -0.0937. The van der Waals surface area contributed by atoms with E-state index in [-0.39, 0.29) is 6.10 Å². The molecule has 0 spiro atoms. The molecule has 3 nitrogen and oxygen atoms in total. The third-order valence-corrected chi connectivity index (χ3v) is 5.56.